The average molecular weight is 840 g/mol. The Hall–Kier alpha value is -2.96. The minimum Gasteiger partial charge on any atom is -0.431 e. The molecule has 0 aromatic heterocycles. The predicted octanol–water partition coefficient (Wildman–Crippen LogP) is 10.1. The second-order valence-electron chi connectivity index (χ2n) is 9.11. The van der Waals surface area contributed by atoms with Crippen LogP contribution in [0.15, 0.2) is 12.8 Å². The summed E-state index contributed by atoms with van der Waals surface area (Å²) in [4.78, 5) is 10.7. The first-order chi connectivity index (χ1) is 21.5. The quantitative estimate of drug-likeness (QED) is 0.0933. The van der Waals surface area contributed by atoms with Crippen molar-refractivity contribution in [2.45, 2.75) is 89.1 Å². The molecule has 0 radical (unpaired) electrons. The number of rotatable bonds is 15. The summed E-state index contributed by atoms with van der Waals surface area (Å²) in [5.74, 6) is -138. The van der Waals surface area contributed by atoms with Gasteiger partial charge in [-0.1, -0.05) is 6.58 Å². The van der Waals surface area contributed by atoms with Gasteiger partial charge in [0.2, 0.25) is 0 Å². The Labute approximate surface area is 255 Å². The zero-order valence-corrected chi connectivity index (χ0v) is 21.8. The molecule has 0 aliphatic carbocycles. The zero-order valence-electron chi connectivity index (χ0n) is 21.8. The molecule has 0 saturated carbocycles. The van der Waals surface area contributed by atoms with E-state index in [1.165, 1.54) is 0 Å². The Morgan fingerprint density at radius 1 is 0.314 bits per heavy atom. The standard InChI is InChI=1S/C18H3F31O2/c1-2-51-3(50)4(19,20)5(21,22)6(23,24)7(25,26)8(27,28)9(29,30)10(31,32)11(33,34)12(35,36)13(37,38)14(39,40)15(41,42)16(43,44)17(45,46)18(47,48)49/h2H,1H2. The fraction of sp³-hybridized carbons (Fsp3) is 0.833. The first kappa shape index (κ1) is 48.0. The van der Waals surface area contributed by atoms with Gasteiger partial charge in [-0.2, -0.15) is 136 Å². The van der Waals surface area contributed by atoms with Crippen LogP contribution in [-0.4, -0.2) is 95.1 Å². The van der Waals surface area contributed by atoms with Crippen molar-refractivity contribution in [3.05, 3.63) is 12.8 Å². The molecule has 0 unspecified atom stereocenters. The van der Waals surface area contributed by atoms with Crippen molar-refractivity contribution < 1.29 is 146 Å². The molecule has 0 rings (SSSR count). The lowest BCUT2D eigenvalue weighted by Crippen LogP contribution is -2.79. The third-order valence-electron chi connectivity index (χ3n) is 5.93. The fourth-order valence-corrected chi connectivity index (χ4v) is 2.82. The number of carbonyl (C=O) groups excluding carboxylic acids is 1. The summed E-state index contributed by atoms with van der Waals surface area (Å²) in [6.07, 6.45) is -9.15. The third kappa shape index (κ3) is 5.47. The largest absolute Gasteiger partial charge is 0.460 e. The van der Waals surface area contributed by atoms with Crippen LogP contribution in [0.1, 0.15) is 0 Å². The second kappa shape index (κ2) is 11.8. The Morgan fingerprint density at radius 3 is 0.627 bits per heavy atom. The number of ether oxygens (including phenoxy) is 1. The summed E-state index contributed by atoms with van der Waals surface area (Å²) in [5.41, 5.74) is 0. The number of hydrogen-bond acceptors (Lipinski definition) is 2. The topological polar surface area (TPSA) is 26.3 Å². The van der Waals surface area contributed by atoms with Gasteiger partial charge in [-0.3, -0.25) is 0 Å². The van der Waals surface area contributed by atoms with Gasteiger partial charge in [-0.25, -0.2) is 4.79 Å². The Kier molecular flexibility index (Phi) is 11.1. The lowest BCUT2D eigenvalue weighted by atomic mass is 9.83. The summed E-state index contributed by atoms with van der Waals surface area (Å²) in [6.45, 7) is 2.08. The highest BCUT2D eigenvalue weighted by molar-refractivity contribution is 5.79. The molecular weight excluding hydrogens is 837 g/mol. The molecule has 0 saturated heterocycles. The summed E-state index contributed by atoms with van der Waals surface area (Å²) in [6, 6.07) is 0. The van der Waals surface area contributed by atoms with Gasteiger partial charge in [-0.15, -0.1) is 0 Å². The van der Waals surface area contributed by atoms with E-state index in [0.717, 1.165) is 0 Å². The van der Waals surface area contributed by atoms with Gasteiger partial charge in [0, 0.05) is 0 Å². The van der Waals surface area contributed by atoms with Crippen molar-refractivity contribution in [1.29, 1.82) is 0 Å². The van der Waals surface area contributed by atoms with Crippen LogP contribution in [0.3, 0.4) is 0 Å². The average Bonchev–Trinajstić information content (AvgIpc) is 2.90. The number of hydrogen-bond donors (Lipinski definition) is 0. The van der Waals surface area contributed by atoms with Crippen LogP contribution in [0.2, 0.25) is 0 Å². The lowest BCUT2D eigenvalue weighted by molar-refractivity contribution is -0.488. The van der Waals surface area contributed by atoms with Crippen molar-refractivity contribution in [1.82, 2.24) is 0 Å². The normalized spacial score (nSPS) is 16.7. The van der Waals surface area contributed by atoms with E-state index >= 15 is 0 Å². The Balaban J connectivity index is 7.68. The van der Waals surface area contributed by atoms with E-state index < -0.39 is 101 Å². The molecule has 51 heavy (non-hydrogen) atoms. The molecule has 0 aromatic carbocycles. The van der Waals surface area contributed by atoms with Crippen LogP contribution < -0.4 is 0 Å². The van der Waals surface area contributed by atoms with Crippen LogP contribution >= 0.6 is 0 Å². The lowest BCUT2D eigenvalue weighted by Gasteiger charge is -2.46. The maximum absolute atomic E-state index is 13.8. The molecular formula is C18H3F31O2. The summed E-state index contributed by atoms with van der Waals surface area (Å²) < 4.78 is 418. The number of carbonyl (C=O) groups is 1. The van der Waals surface area contributed by atoms with E-state index in [4.69, 9.17) is 0 Å². The molecule has 0 aliphatic rings. The number of halogens is 31. The molecule has 0 spiro atoms. The van der Waals surface area contributed by atoms with E-state index in [9.17, 15) is 141 Å². The van der Waals surface area contributed by atoms with E-state index in [2.05, 4.69) is 11.3 Å². The summed E-state index contributed by atoms with van der Waals surface area (Å²) >= 11 is 0. The maximum atomic E-state index is 13.8. The third-order valence-corrected chi connectivity index (χ3v) is 5.93. The molecule has 0 atom stereocenters. The molecule has 304 valence electrons. The highest BCUT2D eigenvalue weighted by Crippen LogP contribution is 2.69. The monoisotopic (exact) mass is 840 g/mol. The first-order valence-corrected chi connectivity index (χ1v) is 10.7. The van der Waals surface area contributed by atoms with Crippen molar-refractivity contribution in [2.24, 2.45) is 0 Å². The molecule has 2 nitrogen and oxygen atoms in total. The van der Waals surface area contributed by atoms with Crippen LogP contribution in [0.5, 0.6) is 0 Å². The highest BCUT2D eigenvalue weighted by atomic mass is 19.4. The van der Waals surface area contributed by atoms with Gasteiger partial charge in [-0.05, 0) is 0 Å². The van der Waals surface area contributed by atoms with Gasteiger partial charge < -0.3 is 4.74 Å². The minimum absolute atomic E-state index is 0.785. The van der Waals surface area contributed by atoms with Gasteiger partial charge in [0.1, 0.15) is 0 Å². The fourth-order valence-electron chi connectivity index (χ4n) is 2.82. The summed E-state index contributed by atoms with van der Waals surface area (Å²) in [7, 11) is 0. The molecule has 0 fully saturated rings. The SMILES string of the molecule is C=COC(=O)C(F)(F)C(F)(F)C(F)(F)C(F)(F)C(F)(F)C(F)(F)C(F)(F)C(F)(F)C(F)(F)C(F)(F)C(F)(F)C(F)(F)C(F)(F)C(F)(F)C(F)(F)F. The Bertz CT molecular complexity index is 1320. The zero-order chi connectivity index (χ0) is 42.5. The molecule has 0 N–H and O–H groups in total. The van der Waals surface area contributed by atoms with Gasteiger partial charge >= 0.3 is 95.1 Å². The minimum atomic E-state index is -10.1. The number of esters is 1. The van der Waals surface area contributed by atoms with Crippen molar-refractivity contribution in [3.63, 3.8) is 0 Å². The highest BCUT2D eigenvalue weighted by Gasteiger charge is 3.01. The van der Waals surface area contributed by atoms with E-state index in [0.29, 0.717) is 0 Å². The predicted molar refractivity (Wildman–Crippen MR) is 91.6 cm³/mol. The van der Waals surface area contributed by atoms with Gasteiger partial charge in [0.25, 0.3) is 0 Å². The van der Waals surface area contributed by atoms with Gasteiger partial charge in [0.15, 0.2) is 0 Å². The van der Waals surface area contributed by atoms with E-state index in [1.54, 1.807) is 0 Å². The molecule has 0 bridgehead atoms. The van der Waals surface area contributed by atoms with Crippen molar-refractivity contribution >= 4 is 5.97 Å². The van der Waals surface area contributed by atoms with Crippen LogP contribution in [0.25, 0.3) is 0 Å². The van der Waals surface area contributed by atoms with Crippen LogP contribution in [0, 0.1) is 0 Å². The van der Waals surface area contributed by atoms with E-state index in [-0.39, 0.29) is 0 Å². The molecule has 33 heteroatoms. The van der Waals surface area contributed by atoms with Crippen molar-refractivity contribution in [3.8, 4) is 0 Å². The molecule has 0 aromatic rings. The van der Waals surface area contributed by atoms with Crippen molar-refractivity contribution in [2.75, 3.05) is 0 Å². The first-order valence-electron chi connectivity index (χ1n) is 10.7. The molecule has 0 aliphatic heterocycles. The smallest absolute Gasteiger partial charge is 0.431 e. The second-order valence-corrected chi connectivity index (χ2v) is 9.11. The van der Waals surface area contributed by atoms with Crippen LogP contribution in [-0.2, 0) is 9.53 Å². The van der Waals surface area contributed by atoms with E-state index in [1.807, 2.05) is 0 Å². The molecule has 0 amide bonds. The maximum Gasteiger partial charge on any atom is 0.460 e. The Morgan fingerprint density at radius 2 is 0.471 bits per heavy atom. The summed E-state index contributed by atoms with van der Waals surface area (Å²) in [5, 5.41) is 0. The van der Waals surface area contributed by atoms with Crippen LogP contribution in [0.4, 0.5) is 136 Å². The van der Waals surface area contributed by atoms with Gasteiger partial charge in [0.05, 0.1) is 6.26 Å². The molecule has 0 heterocycles. The number of alkyl halides is 31.